The lowest BCUT2D eigenvalue weighted by molar-refractivity contribution is 0.0995. The maximum Gasteiger partial charge on any atom is 0.273 e. The second-order valence-electron chi connectivity index (χ2n) is 5.87. The molecule has 1 aliphatic carbocycles. The van der Waals surface area contributed by atoms with E-state index in [1.165, 1.54) is 0 Å². The van der Waals surface area contributed by atoms with Crippen molar-refractivity contribution < 1.29 is 4.79 Å². The summed E-state index contributed by atoms with van der Waals surface area (Å²) in [5.74, 6) is 0.265. The average molecular weight is 407 g/mol. The van der Waals surface area contributed by atoms with Gasteiger partial charge in [0.2, 0.25) is 5.95 Å². The van der Waals surface area contributed by atoms with E-state index >= 15 is 0 Å². The maximum absolute atomic E-state index is 11.6. The molecule has 1 fully saturated rings. The summed E-state index contributed by atoms with van der Waals surface area (Å²) in [4.78, 5) is 20.2. The summed E-state index contributed by atoms with van der Waals surface area (Å²) in [5, 5.41) is 14.0. The number of rotatable bonds is 5. The number of hydrogen-bond acceptors (Lipinski definition) is 8. The highest BCUT2D eigenvalue weighted by atomic mass is 79.9. The van der Waals surface area contributed by atoms with Gasteiger partial charge >= 0.3 is 0 Å². The van der Waals surface area contributed by atoms with Gasteiger partial charge in [0.1, 0.15) is 10.4 Å². The fourth-order valence-electron chi connectivity index (χ4n) is 2.74. The molecular weight excluding hydrogens is 388 g/mol. The monoisotopic (exact) mass is 406 g/mol. The summed E-state index contributed by atoms with van der Waals surface area (Å²) in [7, 11) is 0. The quantitative estimate of drug-likeness (QED) is 0.547. The fourth-order valence-corrected chi connectivity index (χ4v) is 3.09. The van der Waals surface area contributed by atoms with E-state index in [1.807, 2.05) is 0 Å². The van der Waals surface area contributed by atoms with Gasteiger partial charge in [-0.25, -0.2) is 4.98 Å². The summed E-state index contributed by atoms with van der Waals surface area (Å²) < 4.78 is 0.645. The lowest BCUT2D eigenvalue weighted by Crippen LogP contribution is -2.43. The molecular formula is C15H19BrN8O. The molecule has 6 N–H and O–H groups in total. The number of carbonyl (C=O) groups excluding carboxylic acids is 1. The van der Waals surface area contributed by atoms with Crippen molar-refractivity contribution in [3.8, 4) is 0 Å². The molecule has 3 rings (SSSR count). The van der Waals surface area contributed by atoms with Crippen LogP contribution in [-0.2, 0) is 0 Å². The highest BCUT2D eigenvalue weighted by Crippen LogP contribution is 2.22. The lowest BCUT2D eigenvalue weighted by Gasteiger charge is -2.29. The highest BCUT2D eigenvalue weighted by molar-refractivity contribution is 9.10. The molecule has 0 saturated heterocycles. The first-order valence-electron chi connectivity index (χ1n) is 7.99. The molecule has 1 amide bonds. The van der Waals surface area contributed by atoms with Crippen LogP contribution in [0.1, 0.15) is 36.2 Å². The first kappa shape index (κ1) is 17.5. The van der Waals surface area contributed by atoms with Crippen LogP contribution in [0.25, 0.3) is 0 Å². The molecule has 0 bridgehead atoms. The standard InChI is InChI=1S/C15H19BrN8O/c16-10-6-3-7-11(20-10)21-14-12(13(18)25)23-24-15(22-14)19-9-5-2-1-4-8(9)17/h3,6-9H,1-2,4-5,17H2,(H2,18,25)(H2,19,20,21,22,24)/t8-,9+/m0/s1. The molecule has 10 heteroatoms. The number of nitrogens with zero attached hydrogens (tertiary/aromatic N) is 4. The number of pyridine rings is 1. The number of halogens is 1. The van der Waals surface area contributed by atoms with Crippen molar-refractivity contribution in [1.29, 1.82) is 0 Å². The molecule has 0 radical (unpaired) electrons. The Labute approximate surface area is 153 Å². The van der Waals surface area contributed by atoms with Gasteiger partial charge in [-0.2, -0.15) is 4.98 Å². The van der Waals surface area contributed by atoms with Crippen LogP contribution in [0, 0.1) is 0 Å². The van der Waals surface area contributed by atoms with E-state index in [2.05, 4.69) is 46.7 Å². The van der Waals surface area contributed by atoms with Crippen LogP contribution in [0.15, 0.2) is 22.8 Å². The van der Waals surface area contributed by atoms with E-state index in [9.17, 15) is 4.79 Å². The molecule has 1 aliphatic rings. The van der Waals surface area contributed by atoms with Crippen molar-refractivity contribution in [1.82, 2.24) is 20.2 Å². The summed E-state index contributed by atoms with van der Waals surface area (Å²) >= 11 is 3.29. The Morgan fingerprint density at radius 2 is 2.00 bits per heavy atom. The third kappa shape index (κ3) is 4.40. The van der Waals surface area contributed by atoms with E-state index < -0.39 is 5.91 Å². The van der Waals surface area contributed by atoms with Crippen LogP contribution >= 0.6 is 15.9 Å². The minimum absolute atomic E-state index is 0.0383. The summed E-state index contributed by atoms with van der Waals surface area (Å²) in [5.41, 5.74) is 11.4. The van der Waals surface area contributed by atoms with Crippen LogP contribution in [0.2, 0.25) is 0 Å². The van der Waals surface area contributed by atoms with E-state index in [-0.39, 0.29) is 23.6 Å². The number of amides is 1. The van der Waals surface area contributed by atoms with Gasteiger partial charge < -0.3 is 22.1 Å². The van der Waals surface area contributed by atoms with E-state index in [4.69, 9.17) is 11.5 Å². The highest BCUT2D eigenvalue weighted by Gasteiger charge is 2.23. The number of nitrogens with two attached hydrogens (primary N) is 2. The van der Waals surface area contributed by atoms with Crippen molar-refractivity contribution in [3.63, 3.8) is 0 Å². The second kappa shape index (κ2) is 7.70. The number of carbonyl (C=O) groups is 1. The topological polar surface area (TPSA) is 145 Å². The Morgan fingerprint density at radius 3 is 2.72 bits per heavy atom. The van der Waals surface area contributed by atoms with E-state index in [0.29, 0.717) is 16.4 Å². The molecule has 25 heavy (non-hydrogen) atoms. The fraction of sp³-hybridized carbons (Fsp3) is 0.400. The van der Waals surface area contributed by atoms with Crippen molar-refractivity contribution in [2.75, 3.05) is 10.6 Å². The first-order valence-corrected chi connectivity index (χ1v) is 8.78. The summed E-state index contributed by atoms with van der Waals surface area (Å²) in [6.07, 6.45) is 4.13. The van der Waals surface area contributed by atoms with Gasteiger partial charge in [0.15, 0.2) is 11.5 Å². The Bertz CT molecular complexity index is 771. The Balaban J connectivity index is 1.85. The largest absolute Gasteiger partial charge is 0.364 e. The average Bonchev–Trinajstić information content (AvgIpc) is 2.57. The molecule has 0 aliphatic heterocycles. The molecule has 2 aromatic heterocycles. The second-order valence-corrected chi connectivity index (χ2v) is 6.68. The smallest absolute Gasteiger partial charge is 0.273 e. The van der Waals surface area contributed by atoms with E-state index in [1.54, 1.807) is 18.2 Å². The molecule has 132 valence electrons. The number of primary amides is 1. The van der Waals surface area contributed by atoms with Gasteiger partial charge in [-0.15, -0.1) is 10.2 Å². The SMILES string of the molecule is NC(=O)c1nnc(N[C@@H]2CCCC[C@@H]2N)nc1Nc1cccc(Br)n1. The minimum Gasteiger partial charge on any atom is -0.364 e. The summed E-state index contributed by atoms with van der Waals surface area (Å²) in [6, 6.07) is 5.44. The number of nitrogens with one attached hydrogen (secondary N) is 2. The predicted octanol–water partition coefficient (Wildman–Crippen LogP) is 1.55. The third-order valence-corrected chi connectivity index (χ3v) is 4.46. The first-order chi connectivity index (χ1) is 12.0. The zero-order valence-corrected chi connectivity index (χ0v) is 15.0. The van der Waals surface area contributed by atoms with Crippen LogP contribution in [-0.4, -0.2) is 38.2 Å². The molecule has 0 spiro atoms. The van der Waals surface area contributed by atoms with Gasteiger partial charge in [0.25, 0.3) is 5.91 Å². The zero-order chi connectivity index (χ0) is 17.8. The van der Waals surface area contributed by atoms with Crippen LogP contribution in [0.3, 0.4) is 0 Å². The molecule has 1 saturated carbocycles. The maximum atomic E-state index is 11.6. The molecule has 2 aromatic rings. The zero-order valence-electron chi connectivity index (χ0n) is 13.4. The molecule has 9 nitrogen and oxygen atoms in total. The van der Waals surface area contributed by atoms with Crippen molar-refractivity contribution >= 4 is 39.4 Å². The molecule has 0 aromatic carbocycles. The molecule has 0 unspecified atom stereocenters. The Hall–Kier alpha value is -2.33. The predicted molar refractivity (Wildman–Crippen MR) is 97.4 cm³/mol. The third-order valence-electron chi connectivity index (χ3n) is 4.02. The van der Waals surface area contributed by atoms with Crippen molar-refractivity contribution in [2.24, 2.45) is 11.5 Å². The lowest BCUT2D eigenvalue weighted by atomic mass is 9.91. The summed E-state index contributed by atoms with van der Waals surface area (Å²) in [6.45, 7) is 0. The van der Waals surface area contributed by atoms with Crippen LogP contribution in [0.5, 0.6) is 0 Å². The van der Waals surface area contributed by atoms with Crippen LogP contribution in [0.4, 0.5) is 17.6 Å². The molecule has 2 heterocycles. The van der Waals surface area contributed by atoms with Gasteiger partial charge in [-0.1, -0.05) is 18.9 Å². The van der Waals surface area contributed by atoms with Crippen molar-refractivity contribution in [3.05, 3.63) is 28.5 Å². The molecule has 2 atom stereocenters. The van der Waals surface area contributed by atoms with Crippen molar-refractivity contribution in [2.45, 2.75) is 37.8 Å². The Kier molecular flexibility index (Phi) is 5.39. The number of hydrogen-bond donors (Lipinski definition) is 4. The van der Waals surface area contributed by atoms with Gasteiger partial charge in [0.05, 0.1) is 0 Å². The number of anilines is 3. The van der Waals surface area contributed by atoms with E-state index in [0.717, 1.165) is 25.7 Å². The van der Waals surface area contributed by atoms with Gasteiger partial charge in [0, 0.05) is 12.1 Å². The minimum atomic E-state index is -0.724. The normalized spacial score (nSPS) is 20.1. The van der Waals surface area contributed by atoms with Gasteiger partial charge in [-0.05, 0) is 40.9 Å². The number of aromatic nitrogens is 4. The van der Waals surface area contributed by atoms with Gasteiger partial charge in [-0.3, -0.25) is 4.79 Å². The Morgan fingerprint density at radius 1 is 1.20 bits per heavy atom. The van der Waals surface area contributed by atoms with Crippen LogP contribution < -0.4 is 22.1 Å².